The van der Waals surface area contributed by atoms with Crippen LogP contribution in [0.5, 0.6) is 5.75 Å². The minimum absolute atomic E-state index is 0.287. The van der Waals surface area contributed by atoms with Crippen molar-refractivity contribution in [2.24, 2.45) is 0 Å². The molecule has 1 aromatic heterocycles. The molecule has 18 heavy (non-hydrogen) atoms. The smallest absolute Gasteiger partial charge is 0.256 e. The third kappa shape index (κ3) is 3.08. The highest BCUT2D eigenvalue weighted by atomic mass is 79.9. The summed E-state index contributed by atoms with van der Waals surface area (Å²) in [7, 11) is 1.44. The Bertz CT molecular complexity index is 585. The first-order chi connectivity index (χ1) is 8.58. The van der Waals surface area contributed by atoms with Crippen LogP contribution in [0.4, 0.5) is 10.1 Å². The highest BCUT2D eigenvalue weighted by Gasteiger charge is 2.09. The number of carbonyl (C=O) groups excluding carboxylic acids is 1. The molecule has 1 N–H and O–H groups in total. The molecule has 0 saturated heterocycles. The van der Waals surface area contributed by atoms with Crippen LogP contribution in [0.25, 0.3) is 0 Å². The molecular weight excluding hydrogens is 321 g/mol. The summed E-state index contributed by atoms with van der Waals surface area (Å²) in [5.41, 5.74) is 0.884. The van der Waals surface area contributed by atoms with Gasteiger partial charge in [-0.2, -0.15) is 0 Å². The highest BCUT2D eigenvalue weighted by Crippen LogP contribution is 2.23. The number of halogens is 2. The number of ether oxygens (including phenoxy) is 1. The van der Waals surface area contributed by atoms with Gasteiger partial charge in [0.1, 0.15) is 11.6 Å². The van der Waals surface area contributed by atoms with Gasteiger partial charge in [0.25, 0.3) is 5.91 Å². The van der Waals surface area contributed by atoms with E-state index in [2.05, 4.69) is 21.2 Å². The van der Waals surface area contributed by atoms with Gasteiger partial charge >= 0.3 is 0 Å². The van der Waals surface area contributed by atoms with Crippen LogP contribution in [-0.2, 0) is 0 Å². The Labute approximate surface area is 116 Å². The molecule has 0 aliphatic carbocycles. The Morgan fingerprint density at radius 2 is 2.17 bits per heavy atom. The Kier molecular flexibility index (Phi) is 3.98. The van der Waals surface area contributed by atoms with Gasteiger partial charge in [0.2, 0.25) is 0 Å². The van der Waals surface area contributed by atoms with Crippen LogP contribution in [0.3, 0.4) is 0 Å². The van der Waals surface area contributed by atoms with Crippen molar-refractivity contribution in [3.63, 3.8) is 0 Å². The number of benzene rings is 1. The van der Waals surface area contributed by atoms with Gasteiger partial charge in [-0.25, -0.2) is 4.39 Å². The zero-order valence-corrected chi connectivity index (χ0v) is 11.8. The van der Waals surface area contributed by atoms with Gasteiger partial charge in [-0.05, 0) is 28.1 Å². The zero-order chi connectivity index (χ0) is 13.1. The van der Waals surface area contributed by atoms with Crippen LogP contribution in [0, 0.1) is 5.82 Å². The maximum atomic E-state index is 13.2. The van der Waals surface area contributed by atoms with Crippen molar-refractivity contribution in [1.29, 1.82) is 0 Å². The summed E-state index contributed by atoms with van der Waals surface area (Å²) in [6.45, 7) is 0. The van der Waals surface area contributed by atoms with Crippen molar-refractivity contribution in [3.05, 3.63) is 44.8 Å². The van der Waals surface area contributed by atoms with Crippen molar-refractivity contribution in [1.82, 2.24) is 0 Å². The number of hydrogen-bond donors (Lipinski definition) is 1. The summed E-state index contributed by atoms with van der Waals surface area (Å²) in [6.07, 6.45) is 0. The van der Waals surface area contributed by atoms with E-state index in [0.29, 0.717) is 17.0 Å². The van der Waals surface area contributed by atoms with Crippen LogP contribution in [0.1, 0.15) is 10.4 Å². The molecule has 0 aliphatic rings. The molecule has 3 nitrogen and oxygen atoms in total. The average molecular weight is 330 g/mol. The van der Waals surface area contributed by atoms with Gasteiger partial charge < -0.3 is 10.1 Å². The summed E-state index contributed by atoms with van der Waals surface area (Å²) in [4.78, 5) is 11.8. The van der Waals surface area contributed by atoms with Crippen molar-refractivity contribution < 1.29 is 13.9 Å². The molecule has 0 aliphatic heterocycles. The second-order valence-corrected chi connectivity index (χ2v) is 5.76. The summed E-state index contributed by atoms with van der Waals surface area (Å²) >= 11 is 4.69. The van der Waals surface area contributed by atoms with Gasteiger partial charge in [0.15, 0.2) is 0 Å². The topological polar surface area (TPSA) is 38.3 Å². The van der Waals surface area contributed by atoms with Gasteiger partial charge in [-0.1, -0.05) is 0 Å². The number of thiophene rings is 1. The molecule has 0 atom stereocenters. The van der Waals surface area contributed by atoms with E-state index in [1.807, 2.05) is 0 Å². The van der Waals surface area contributed by atoms with Crippen molar-refractivity contribution >= 4 is 38.9 Å². The van der Waals surface area contributed by atoms with E-state index in [-0.39, 0.29) is 5.91 Å². The molecular formula is C12H9BrFNO2S. The average Bonchev–Trinajstić information content (AvgIpc) is 2.75. The lowest BCUT2D eigenvalue weighted by Crippen LogP contribution is -2.11. The SMILES string of the molecule is COc1cc(F)cc(NC(=O)c2csc(Br)c2)c1. The van der Waals surface area contributed by atoms with Crippen molar-refractivity contribution in [2.45, 2.75) is 0 Å². The lowest BCUT2D eigenvalue weighted by Gasteiger charge is -2.06. The van der Waals surface area contributed by atoms with Gasteiger partial charge in [-0.15, -0.1) is 11.3 Å². The number of anilines is 1. The predicted molar refractivity (Wildman–Crippen MR) is 72.9 cm³/mol. The van der Waals surface area contributed by atoms with E-state index in [9.17, 15) is 9.18 Å². The third-order valence-electron chi connectivity index (χ3n) is 2.19. The molecule has 0 bridgehead atoms. The summed E-state index contributed by atoms with van der Waals surface area (Å²) in [5, 5.41) is 4.33. The number of hydrogen-bond acceptors (Lipinski definition) is 3. The van der Waals surface area contributed by atoms with Crippen LogP contribution in [0.15, 0.2) is 33.4 Å². The van der Waals surface area contributed by atoms with Crippen LogP contribution in [0.2, 0.25) is 0 Å². The van der Waals surface area contributed by atoms with Crippen molar-refractivity contribution in [3.8, 4) is 5.75 Å². The highest BCUT2D eigenvalue weighted by molar-refractivity contribution is 9.11. The van der Waals surface area contributed by atoms with Gasteiger partial charge in [0, 0.05) is 23.2 Å². The van der Waals surface area contributed by atoms with Crippen LogP contribution < -0.4 is 10.1 Å². The Morgan fingerprint density at radius 3 is 2.78 bits per heavy atom. The lowest BCUT2D eigenvalue weighted by molar-refractivity contribution is 0.102. The monoisotopic (exact) mass is 329 g/mol. The molecule has 2 rings (SSSR count). The van der Waals surface area contributed by atoms with E-state index < -0.39 is 5.82 Å². The Morgan fingerprint density at radius 1 is 1.39 bits per heavy atom. The maximum Gasteiger partial charge on any atom is 0.256 e. The summed E-state index contributed by atoms with van der Waals surface area (Å²) < 4.78 is 19.0. The number of nitrogens with one attached hydrogen (secondary N) is 1. The Balaban J connectivity index is 2.18. The molecule has 2 aromatic rings. The second-order valence-electron chi connectivity index (χ2n) is 3.47. The number of amides is 1. The summed E-state index contributed by atoms with van der Waals surface area (Å²) in [6, 6.07) is 5.75. The normalized spacial score (nSPS) is 10.2. The lowest BCUT2D eigenvalue weighted by atomic mass is 10.2. The van der Waals surface area contributed by atoms with E-state index in [0.717, 1.165) is 3.79 Å². The largest absolute Gasteiger partial charge is 0.497 e. The summed E-state index contributed by atoms with van der Waals surface area (Å²) in [5.74, 6) is -0.391. The zero-order valence-electron chi connectivity index (χ0n) is 9.37. The fraction of sp³-hybridized carbons (Fsp3) is 0.0833. The molecule has 0 fully saturated rings. The fourth-order valence-corrected chi connectivity index (χ4v) is 2.52. The van der Waals surface area contributed by atoms with Gasteiger partial charge in [0.05, 0.1) is 16.5 Å². The minimum atomic E-state index is -0.462. The first-order valence-corrected chi connectivity index (χ1v) is 6.66. The number of rotatable bonds is 3. The van der Waals surface area contributed by atoms with Crippen LogP contribution >= 0.6 is 27.3 Å². The predicted octanol–water partition coefficient (Wildman–Crippen LogP) is 3.91. The molecule has 0 spiro atoms. The van der Waals surface area contributed by atoms with Crippen LogP contribution in [-0.4, -0.2) is 13.0 Å². The molecule has 1 aromatic carbocycles. The molecule has 0 saturated carbocycles. The molecule has 0 radical (unpaired) electrons. The van der Waals surface area contributed by atoms with E-state index in [1.165, 1.54) is 30.6 Å². The minimum Gasteiger partial charge on any atom is -0.497 e. The molecule has 94 valence electrons. The molecule has 1 heterocycles. The molecule has 6 heteroatoms. The van der Waals surface area contributed by atoms with Gasteiger partial charge in [-0.3, -0.25) is 4.79 Å². The van der Waals surface area contributed by atoms with E-state index in [4.69, 9.17) is 4.74 Å². The fourth-order valence-electron chi connectivity index (χ4n) is 1.39. The first kappa shape index (κ1) is 13.0. The van der Waals surface area contributed by atoms with Crippen molar-refractivity contribution in [2.75, 3.05) is 12.4 Å². The number of methoxy groups -OCH3 is 1. The third-order valence-corrected chi connectivity index (χ3v) is 3.70. The molecule has 0 unspecified atom stereocenters. The van der Waals surface area contributed by atoms with E-state index in [1.54, 1.807) is 17.5 Å². The standard InChI is InChI=1S/C12H9BrFNO2S/c1-17-10-4-8(14)3-9(5-10)15-12(16)7-2-11(13)18-6-7/h2-6H,1H3,(H,15,16). The first-order valence-electron chi connectivity index (χ1n) is 4.98. The molecule has 1 amide bonds. The number of carbonyl (C=O) groups is 1. The second kappa shape index (κ2) is 5.49. The Hall–Kier alpha value is -1.40. The quantitative estimate of drug-likeness (QED) is 0.927. The van der Waals surface area contributed by atoms with E-state index >= 15 is 0 Å². The maximum absolute atomic E-state index is 13.2.